The Bertz CT molecular complexity index is 591. The average Bonchev–Trinajstić information content (AvgIpc) is 2.87. The predicted molar refractivity (Wildman–Crippen MR) is 73.2 cm³/mol. The molecule has 0 saturated heterocycles. The zero-order valence-corrected chi connectivity index (χ0v) is 11.9. The highest BCUT2D eigenvalue weighted by atomic mass is 32.1. The fourth-order valence-electron chi connectivity index (χ4n) is 1.78. The molecule has 1 aromatic heterocycles. The number of aliphatic hydroxyl groups excluding tert-OH is 1. The van der Waals surface area contributed by atoms with E-state index < -0.39 is 11.7 Å². The van der Waals surface area contributed by atoms with Crippen molar-refractivity contribution >= 4 is 11.3 Å². The molecule has 114 valence electrons. The van der Waals surface area contributed by atoms with Crippen LogP contribution in [0.5, 0.6) is 5.75 Å². The quantitative estimate of drug-likeness (QED) is 0.850. The van der Waals surface area contributed by atoms with E-state index in [-0.39, 0.29) is 13.4 Å². The lowest BCUT2D eigenvalue weighted by Gasteiger charge is -2.10. The molecule has 0 aliphatic carbocycles. The average molecular weight is 318 g/mol. The lowest BCUT2D eigenvalue weighted by molar-refractivity contribution is -0.137. The van der Waals surface area contributed by atoms with E-state index in [9.17, 15) is 18.3 Å². The van der Waals surface area contributed by atoms with E-state index in [0.717, 1.165) is 12.1 Å². The van der Waals surface area contributed by atoms with Gasteiger partial charge in [-0.1, -0.05) is 12.1 Å². The normalized spacial score (nSPS) is 11.7. The number of aliphatic hydroxyl groups is 1. The Balaban J connectivity index is 2.35. The first-order valence-electron chi connectivity index (χ1n) is 5.98. The standard InChI is InChI=1S/C14H13F3O3S/c1-19-8-20-12-10(6-18)7-21-13(12)9-2-4-11(5-3-9)14(15,16)17/h2-5,7,18H,6,8H2,1H3. The molecule has 0 saturated carbocycles. The number of hydrogen-bond donors (Lipinski definition) is 1. The van der Waals surface area contributed by atoms with Crippen LogP contribution < -0.4 is 4.74 Å². The van der Waals surface area contributed by atoms with Crippen LogP contribution >= 0.6 is 11.3 Å². The summed E-state index contributed by atoms with van der Waals surface area (Å²) in [6, 6.07) is 4.81. The minimum atomic E-state index is -4.36. The van der Waals surface area contributed by atoms with E-state index >= 15 is 0 Å². The van der Waals surface area contributed by atoms with Gasteiger partial charge >= 0.3 is 6.18 Å². The first-order valence-corrected chi connectivity index (χ1v) is 6.86. The molecule has 2 aromatic rings. The molecule has 0 amide bonds. The van der Waals surface area contributed by atoms with Crippen LogP contribution in [-0.4, -0.2) is 19.0 Å². The highest BCUT2D eigenvalue weighted by molar-refractivity contribution is 7.14. The van der Waals surface area contributed by atoms with Crippen LogP contribution in [-0.2, 0) is 17.5 Å². The summed E-state index contributed by atoms with van der Waals surface area (Å²) in [5, 5.41) is 11.0. The monoisotopic (exact) mass is 318 g/mol. The Hall–Kier alpha value is -1.57. The highest BCUT2D eigenvalue weighted by Crippen LogP contribution is 2.40. The van der Waals surface area contributed by atoms with Gasteiger partial charge in [0.15, 0.2) is 6.79 Å². The maximum Gasteiger partial charge on any atom is 0.416 e. The van der Waals surface area contributed by atoms with Crippen LogP contribution in [0.25, 0.3) is 10.4 Å². The zero-order valence-electron chi connectivity index (χ0n) is 11.1. The van der Waals surface area contributed by atoms with Gasteiger partial charge in [-0.15, -0.1) is 11.3 Å². The SMILES string of the molecule is COCOc1c(CO)csc1-c1ccc(C(F)(F)F)cc1. The van der Waals surface area contributed by atoms with Gasteiger partial charge in [-0.3, -0.25) is 0 Å². The molecule has 1 aromatic carbocycles. The number of alkyl halides is 3. The molecule has 0 unspecified atom stereocenters. The highest BCUT2D eigenvalue weighted by Gasteiger charge is 2.30. The van der Waals surface area contributed by atoms with Crippen molar-refractivity contribution in [1.82, 2.24) is 0 Å². The van der Waals surface area contributed by atoms with Crippen LogP contribution in [0.3, 0.4) is 0 Å². The van der Waals surface area contributed by atoms with Crippen LogP contribution in [0.1, 0.15) is 11.1 Å². The molecule has 2 rings (SSSR count). The number of thiophene rings is 1. The summed E-state index contributed by atoms with van der Waals surface area (Å²) in [5.74, 6) is 0.434. The molecule has 1 N–H and O–H groups in total. The van der Waals surface area contributed by atoms with Gasteiger partial charge in [0.05, 0.1) is 17.0 Å². The van der Waals surface area contributed by atoms with Gasteiger partial charge < -0.3 is 14.6 Å². The summed E-state index contributed by atoms with van der Waals surface area (Å²) in [4.78, 5) is 0.657. The smallest absolute Gasteiger partial charge is 0.416 e. The van der Waals surface area contributed by atoms with Crippen molar-refractivity contribution in [3.8, 4) is 16.2 Å². The van der Waals surface area contributed by atoms with E-state index in [0.29, 0.717) is 21.8 Å². The number of ether oxygens (including phenoxy) is 2. The Kier molecular flexibility index (Phi) is 4.87. The first-order chi connectivity index (χ1) is 9.97. The van der Waals surface area contributed by atoms with E-state index in [4.69, 9.17) is 9.47 Å². The number of rotatable bonds is 5. The van der Waals surface area contributed by atoms with E-state index in [1.165, 1.54) is 30.6 Å². The third-order valence-electron chi connectivity index (χ3n) is 2.78. The maximum atomic E-state index is 12.6. The second-order valence-corrected chi connectivity index (χ2v) is 5.08. The van der Waals surface area contributed by atoms with E-state index in [1.807, 2.05) is 0 Å². The van der Waals surface area contributed by atoms with Gasteiger partial charge in [-0.2, -0.15) is 13.2 Å². The minimum Gasteiger partial charge on any atom is -0.466 e. The summed E-state index contributed by atoms with van der Waals surface area (Å²) in [5.41, 5.74) is 0.468. The van der Waals surface area contributed by atoms with Crippen molar-refractivity contribution < 1.29 is 27.8 Å². The predicted octanol–water partition coefficient (Wildman–Crippen LogP) is 3.91. The van der Waals surface area contributed by atoms with Gasteiger partial charge in [0.1, 0.15) is 5.75 Å². The zero-order chi connectivity index (χ0) is 15.5. The van der Waals surface area contributed by atoms with Crippen molar-refractivity contribution in [2.24, 2.45) is 0 Å². The first kappa shape index (κ1) is 15.8. The van der Waals surface area contributed by atoms with Crippen molar-refractivity contribution in [1.29, 1.82) is 0 Å². The lowest BCUT2D eigenvalue weighted by Crippen LogP contribution is -2.04. The number of hydrogen-bond acceptors (Lipinski definition) is 4. The van der Waals surface area contributed by atoms with Crippen LogP contribution in [0, 0.1) is 0 Å². The van der Waals surface area contributed by atoms with Crippen molar-refractivity contribution in [3.63, 3.8) is 0 Å². The molecule has 7 heteroatoms. The minimum absolute atomic E-state index is 0.00261. The Morgan fingerprint density at radius 1 is 1.19 bits per heavy atom. The third-order valence-corrected chi connectivity index (χ3v) is 3.84. The maximum absolute atomic E-state index is 12.6. The van der Waals surface area contributed by atoms with Gasteiger partial charge in [-0.25, -0.2) is 0 Å². The van der Waals surface area contributed by atoms with Gasteiger partial charge in [-0.05, 0) is 17.7 Å². The fourth-order valence-corrected chi connectivity index (χ4v) is 2.79. The Labute approximate surface area is 123 Å². The molecule has 0 atom stereocenters. The summed E-state index contributed by atoms with van der Waals surface area (Å²) >= 11 is 1.30. The summed E-state index contributed by atoms with van der Waals surface area (Å²) in [6.07, 6.45) is -4.36. The van der Waals surface area contributed by atoms with Gasteiger partial charge in [0.2, 0.25) is 0 Å². The summed E-state index contributed by atoms with van der Waals surface area (Å²) in [6.45, 7) is -0.215. The Morgan fingerprint density at radius 2 is 1.86 bits per heavy atom. The van der Waals surface area contributed by atoms with Crippen LogP contribution in [0.4, 0.5) is 13.2 Å². The van der Waals surface area contributed by atoms with Crippen LogP contribution in [0.2, 0.25) is 0 Å². The molecule has 1 heterocycles. The Morgan fingerprint density at radius 3 is 2.38 bits per heavy atom. The van der Waals surface area contributed by atoms with Gasteiger partial charge in [0.25, 0.3) is 0 Å². The van der Waals surface area contributed by atoms with E-state index in [2.05, 4.69) is 0 Å². The fraction of sp³-hybridized carbons (Fsp3) is 0.286. The molecule has 0 bridgehead atoms. The second-order valence-electron chi connectivity index (χ2n) is 4.20. The van der Waals surface area contributed by atoms with Crippen molar-refractivity contribution in [2.45, 2.75) is 12.8 Å². The molecule has 3 nitrogen and oxygen atoms in total. The number of benzene rings is 1. The molecule has 0 fully saturated rings. The molecular formula is C14H13F3O3S. The molecule has 0 aliphatic rings. The molecule has 0 spiro atoms. The third kappa shape index (κ3) is 3.55. The molecular weight excluding hydrogens is 305 g/mol. The largest absolute Gasteiger partial charge is 0.466 e. The van der Waals surface area contributed by atoms with Crippen LogP contribution in [0.15, 0.2) is 29.6 Å². The summed E-state index contributed by atoms with van der Waals surface area (Å²) in [7, 11) is 1.46. The number of methoxy groups -OCH3 is 1. The molecule has 0 radical (unpaired) electrons. The molecule has 21 heavy (non-hydrogen) atoms. The summed E-state index contributed by atoms with van der Waals surface area (Å²) < 4.78 is 47.9. The lowest BCUT2D eigenvalue weighted by atomic mass is 10.1. The van der Waals surface area contributed by atoms with E-state index in [1.54, 1.807) is 5.38 Å². The van der Waals surface area contributed by atoms with Crippen molar-refractivity contribution in [3.05, 3.63) is 40.8 Å². The molecule has 0 aliphatic heterocycles. The second kappa shape index (κ2) is 6.46. The van der Waals surface area contributed by atoms with Gasteiger partial charge in [0, 0.05) is 18.1 Å². The number of halogens is 3. The van der Waals surface area contributed by atoms with Crippen molar-refractivity contribution in [2.75, 3.05) is 13.9 Å². The topological polar surface area (TPSA) is 38.7 Å².